The summed E-state index contributed by atoms with van der Waals surface area (Å²) in [5, 5.41) is 3.89. The molecule has 1 aromatic heterocycles. The fourth-order valence-electron chi connectivity index (χ4n) is 2.05. The van der Waals surface area contributed by atoms with E-state index in [4.69, 9.17) is 16.3 Å². The predicted molar refractivity (Wildman–Crippen MR) is 97.9 cm³/mol. The SMILES string of the molecule is CCOc1ccc(C(=O)Nc2nc3c(Cl)cccc3s2)cc1Br. The van der Waals surface area contributed by atoms with Gasteiger partial charge in [0.2, 0.25) is 0 Å². The molecule has 0 aliphatic rings. The fraction of sp³-hybridized carbons (Fsp3) is 0.125. The van der Waals surface area contributed by atoms with Crippen molar-refractivity contribution in [2.24, 2.45) is 0 Å². The first-order chi connectivity index (χ1) is 11.1. The van der Waals surface area contributed by atoms with E-state index in [2.05, 4.69) is 26.2 Å². The molecule has 23 heavy (non-hydrogen) atoms. The van der Waals surface area contributed by atoms with Crippen LogP contribution in [0.2, 0.25) is 5.02 Å². The summed E-state index contributed by atoms with van der Waals surface area (Å²) in [5.41, 5.74) is 1.22. The number of rotatable bonds is 4. The van der Waals surface area contributed by atoms with Gasteiger partial charge in [0.1, 0.15) is 11.3 Å². The van der Waals surface area contributed by atoms with Crippen molar-refractivity contribution < 1.29 is 9.53 Å². The quantitative estimate of drug-likeness (QED) is 0.628. The van der Waals surface area contributed by atoms with Gasteiger partial charge in [-0.05, 0) is 53.2 Å². The summed E-state index contributed by atoms with van der Waals surface area (Å²) in [6.45, 7) is 2.47. The topological polar surface area (TPSA) is 51.2 Å². The Labute approximate surface area is 150 Å². The van der Waals surface area contributed by atoms with Gasteiger partial charge in [0.15, 0.2) is 5.13 Å². The number of thiazole rings is 1. The van der Waals surface area contributed by atoms with Crippen molar-refractivity contribution in [3.05, 3.63) is 51.5 Å². The fourth-order valence-corrected chi connectivity index (χ4v) is 3.71. The summed E-state index contributed by atoms with van der Waals surface area (Å²) in [6.07, 6.45) is 0. The largest absolute Gasteiger partial charge is 0.493 e. The average molecular weight is 412 g/mol. The molecule has 3 aromatic rings. The number of carbonyl (C=O) groups is 1. The second-order valence-electron chi connectivity index (χ2n) is 4.64. The number of benzene rings is 2. The molecule has 0 radical (unpaired) electrons. The minimum Gasteiger partial charge on any atom is -0.493 e. The monoisotopic (exact) mass is 410 g/mol. The molecule has 118 valence electrons. The molecule has 1 N–H and O–H groups in total. The number of nitrogens with one attached hydrogen (secondary N) is 1. The van der Waals surface area contributed by atoms with Gasteiger partial charge >= 0.3 is 0 Å². The Bertz CT molecular complexity index is 882. The van der Waals surface area contributed by atoms with E-state index in [1.807, 2.05) is 19.1 Å². The van der Waals surface area contributed by atoms with Crippen molar-refractivity contribution in [3.63, 3.8) is 0 Å². The minimum atomic E-state index is -0.232. The summed E-state index contributed by atoms with van der Waals surface area (Å²) in [4.78, 5) is 16.7. The summed E-state index contributed by atoms with van der Waals surface area (Å²) in [6, 6.07) is 10.8. The maximum atomic E-state index is 12.4. The van der Waals surface area contributed by atoms with Gasteiger partial charge in [-0.3, -0.25) is 10.1 Å². The number of carbonyl (C=O) groups excluding carboxylic acids is 1. The number of nitrogens with zero attached hydrogens (tertiary/aromatic N) is 1. The molecule has 0 atom stereocenters. The molecular formula is C16H12BrClN2O2S. The average Bonchev–Trinajstić information content (AvgIpc) is 2.93. The third-order valence-corrected chi connectivity index (χ3v) is 4.94. The molecule has 0 saturated heterocycles. The Hall–Kier alpha value is -1.63. The van der Waals surface area contributed by atoms with Gasteiger partial charge in [-0.25, -0.2) is 4.98 Å². The van der Waals surface area contributed by atoms with Crippen molar-refractivity contribution in [2.45, 2.75) is 6.92 Å². The molecule has 0 fully saturated rings. The van der Waals surface area contributed by atoms with Crippen LogP contribution in [-0.2, 0) is 0 Å². The standard InChI is InChI=1S/C16H12BrClN2O2S/c1-2-22-12-7-6-9(8-10(12)17)15(21)20-16-19-14-11(18)4-3-5-13(14)23-16/h3-8H,2H2,1H3,(H,19,20,21). The zero-order valence-corrected chi connectivity index (χ0v) is 15.3. The van der Waals surface area contributed by atoms with Crippen LogP contribution in [0.25, 0.3) is 10.2 Å². The first kappa shape index (κ1) is 16.2. The first-order valence-electron chi connectivity index (χ1n) is 6.87. The Balaban J connectivity index is 1.83. The van der Waals surface area contributed by atoms with Gasteiger partial charge in [0.25, 0.3) is 5.91 Å². The second kappa shape index (κ2) is 6.86. The molecule has 7 heteroatoms. The molecule has 3 rings (SSSR count). The van der Waals surface area contributed by atoms with Crippen LogP contribution >= 0.6 is 38.9 Å². The molecule has 2 aromatic carbocycles. The molecule has 0 spiro atoms. The molecule has 1 heterocycles. The highest BCUT2D eigenvalue weighted by Gasteiger charge is 2.13. The zero-order valence-electron chi connectivity index (χ0n) is 12.1. The predicted octanol–water partition coefficient (Wildman–Crippen LogP) is 5.36. The summed E-state index contributed by atoms with van der Waals surface area (Å²) >= 11 is 10.9. The maximum absolute atomic E-state index is 12.4. The van der Waals surface area contributed by atoms with Crippen LogP contribution in [-0.4, -0.2) is 17.5 Å². The Kier molecular flexibility index (Phi) is 4.84. The van der Waals surface area contributed by atoms with Crippen LogP contribution < -0.4 is 10.1 Å². The van der Waals surface area contributed by atoms with Gasteiger partial charge < -0.3 is 4.74 Å². The number of hydrogen-bond donors (Lipinski definition) is 1. The summed E-state index contributed by atoms with van der Waals surface area (Å²) in [7, 11) is 0. The van der Waals surface area contributed by atoms with E-state index in [0.29, 0.717) is 33.6 Å². The number of para-hydroxylation sites is 1. The lowest BCUT2D eigenvalue weighted by Gasteiger charge is -2.07. The number of aromatic nitrogens is 1. The molecule has 0 saturated carbocycles. The number of ether oxygens (including phenoxy) is 1. The molecule has 1 amide bonds. The van der Waals surface area contributed by atoms with Gasteiger partial charge in [-0.15, -0.1) is 0 Å². The smallest absolute Gasteiger partial charge is 0.257 e. The van der Waals surface area contributed by atoms with Gasteiger partial charge in [-0.2, -0.15) is 0 Å². The lowest BCUT2D eigenvalue weighted by atomic mass is 10.2. The van der Waals surface area contributed by atoms with Crippen molar-refractivity contribution >= 4 is 60.1 Å². The molecule has 0 aliphatic carbocycles. The minimum absolute atomic E-state index is 0.232. The van der Waals surface area contributed by atoms with Crippen molar-refractivity contribution in [1.82, 2.24) is 4.98 Å². The van der Waals surface area contributed by atoms with Crippen molar-refractivity contribution in [2.75, 3.05) is 11.9 Å². The molecule has 0 unspecified atom stereocenters. The first-order valence-corrected chi connectivity index (χ1v) is 8.86. The summed E-state index contributed by atoms with van der Waals surface area (Å²) in [5.74, 6) is 0.472. The highest BCUT2D eigenvalue weighted by molar-refractivity contribution is 9.10. The normalized spacial score (nSPS) is 10.7. The lowest BCUT2D eigenvalue weighted by molar-refractivity contribution is 0.102. The number of halogens is 2. The van der Waals surface area contributed by atoms with Crippen LogP contribution in [0.15, 0.2) is 40.9 Å². The van der Waals surface area contributed by atoms with Gasteiger partial charge in [0.05, 0.1) is 20.8 Å². The number of anilines is 1. The molecule has 0 bridgehead atoms. The highest BCUT2D eigenvalue weighted by Crippen LogP contribution is 2.31. The molecule has 4 nitrogen and oxygen atoms in total. The van der Waals surface area contributed by atoms with E-state index in [1.165, 1.54) is 11.3 Å². The summed E-state index contributed by atoms with van der Waals surface area (Å²) < 4.78 is 7.11. The van der Waals surface area contributed by atoms with E-state index >= 15 is 0 Å². The van der Waals surface area contributed by atoms with Crippen molar-refractivity contribution in [1.29, 1.82) is 0 Å². The van der Waals surface area contributed by atoms with Crippen LogP contribution in [0.1, 0.15) is 17.3 Å². The van der Waals surface area contributed by atoms with E-state index in [-0.39, 0.29) is 5.91 Å². The number of fused-ring (bicyclic) bond motifs is 1. The highest BCUT2D eigenvalue weighted by atomic mass is 79.9. The maximum Gasteiger partial charge on any atom is 0.257 e. The van der Waals surface area contributed by atoms with Crippen LogP contribution in [0.4, 0.5) is 5.13 Å². The van der Waals surface area contributed by atoms with Crippen molar-refractivity contribution in [3.8, 4) is 5.75 Å². The van der Waals surface area contributed by atoms with E-state index in [0.717, 1.165) is 9.17 Å². The van der Waals surface area contributed by atoms with Crippen LogP contribution in [0.5, 0.6) is 5.75 Å². The third kappa shape index (κ3) is 3.49. The van der Waals surface area contributed by atoms with E-state index < -0.39 is 0 Å². The Morgan fingerprint density at radius 2 is 2.22 bits per heavy atom. The lowest BCUT2D eigenvalue weighted by Crippen LogP contribution is -2.11. The van der Waals surface area contributed by atoms with E-state index in [9.17, 15) is 4.79 Å². The van der Waals surface area contributed by atoms with E-state index in [1.54, 1.807) is 24.3 Å². The van der Waals surface area contributed by atoms with Crippen LogP contribution in [0, 0.1) is 0 Å². The number of hydrogen-bond acceptors (Lipinski definition) is 4. The third-order valence-electron chi connectivity index (χ3n) is 3.08. The van der Waals surface area contributed by atoms with Crippen LogP contribution in [0.3, 0.4) is 0 Å². The van der Waals surface area contributed by atoms with Gasteiger partial charge in [-0.1, -0.05) is 29.0 Å². The Morgan fingerprint density at radius 1 is 1.39 bits per heavy atom. The Morgan fingerprint density at radius 3 is 2.91 bits per heavy atom. The number of amides is 1. The molecule has 0 aliphatic heterocycles. The second-order valence-corrected chi connectivity index (χ2v) is 6.93. The molecular weight excluding hydrogens is 400 g/mol. The van der Waals surface area contributed by atoms with Gasteiger partial charge in [0, 0.05) is 5.56 Å². The zero-order chi connectivity index (χ0) is 16.4.